The van der Waals surface area contributed by atoms with E-state index in [-0.39, 0.29) is 18.4 Å². The predicted octanol–water partition coefficient (Wildman–Crippen LogP) is 3.56. The van der Waals surface area contributed by atoms with Crippen LogP contribution in [0.5, 0.6) is 0 Å². The second kappa shape index (κ2) is 5.85. The summed E-state index contributed by atoms with van der Waals surface area (Å²) in [4.78, 5) is 14.3. The van der Waals surface area contributed by atoms with Crippen LogP contribution >= 0.6 is 11.3 Å². The topological polar surface area (TPSA) is 56.0 Å². The molecule has 0 radical (unpaired) electrons. The average molecular weight is 314 g/mol. The van der Waals surface area contributed by atoms with Crippen molar-refractivity contribution in [2.45, 2.75) is 25.9 Å². The zero-order valence-electron chi connectivity index (χ0n) is 11.2. The van der Waals surface area contributed by atoms with Gasteiger partial charge in [0.15, 0.2) is 0 Å². The summed E-state index contributed by atoms with van der Waals surface area (Å²) in [5, 5.41) is 1.47. The fourth-order valence-corrected chi connectivity index (χ4v) is 3.07. The van der Waals surface area contributed by atoms with Crippen LogP contribution in [0.2, 0.25) is 0 Å². The van der Waals surface area contributed by atoms with Crippen molar-refractivity contribution in [3.63, 3.8) is 0 Å². The normalized spacial score (nSPS) is 11.6. The third-order valence-electron chi connectivity index (χ3n) is 2.98. The largest absolute Gasteiger partial charge is 0.425 e. The number of amides is 1. The molecule has 0 aliphatic rings. The molecular weight excluding hydrogens is 301 g/mol. The molecule has 3 nitrogen and oxygen atoms in total. The van der Waals surface area contributed by atoms with Crippen LogP contribution < -0.4 is 5.73 Å². The Kier molecular flexibility index (Phi) is 4.32. The molecule has 21 heavy (non-hydrogen) atoms. The van der Waals surface area contributed by atoms with E-state index in [9.17, 15) is 18.0 Å². The van der Waals surface area contributed by atoms with Crippen LogP contribution in [0.4, 0.5) is 13.2 Å². The monoisotopic (exact) mass is 314 g/mol. The maximum absolute atomic E-state index is 13.1. The maximum Gasteiger partial charge on any atom is 0.425 e. The lowest BCUT2D eigenvalue weighted by Crippen LogP contribution is -2.13. The van der Waals surface area contributed by atoms with E-state index in [1.807, 2.05) is 0 Å². The molecule has 2 aromatic rings. The fraction of sp³-hybridized carbons (Fsp3) is 0.286. The van der Waals surface area contributed by atoms with Crippen molar-refractivity contribution in [3.8, 4) is 11.1 Å². The van der Waals surface area contributed by atoms with Crippen molar-refractivity contribution >= 4 is 17.2 Å². The van der Waals surface area contributed by atoms with Crippen molar-refractivity contribution in [1.82, 2.24) is 4.98 Å². The summed E-state index contributed by atoms with van der Waals surface area (Å²) < 4.78 is 39.2. The summed E-state index contributed by atoms with van der Waals surface area (Å²) in [7, 11) is 0. The number of pyridine rings is 1. The molecule has 0 aliphatic heterocycles. The molecule has 0 unspecified atom stereocenters. The van der Waals surface area contributed by atoms with Gasteiger partial charge in [0.2, 0.25) is 5.91 Å². The molecule has 2 heterocycles. The lowest BCUT2D eigenvalue weighted by atomic mass is 9.99. The molecule has 0 bridgehead atoms. The first-order chi connectivity index (χ1) is 9.79. The van der Waals surface area contributed by atoms with Gasteiger partial charge < -0.3 is 5.73 Å². The van der Waals surface area contributed by atoms with Gasteiger partial charge in [0, 0.05) is 18.3 Å². The highest BCUT2D eigenvalue weighted by molar-refractivity contribution is 7.10. The van der Waals surface area contributed by atoms with Gasteiger partial charge in [-0.2, -0.15) is 13.2 Å². The SMILES string of the molecule is Cc1cc(-c2csc(C(F)(F)F)c2CCC(N)=O)ccn1. The van der Waals surface area contributed by atoms with Crippen LogP contribution in [0, 0.1) is 6.92 Å². The summed E-state index contributed by atoms with van der Waals surface area (Å²) >= 11 is 0.638. The van der Waals surface area contributed by atoms with Crippen molar-refractivity contribution in [3.05, 3.63) is 39.8 Å². The predicted molar refractivity (Wildman–Crippen MR) is 74.8 cm³/mol. The molecule has 0 atom stereocenters. The van der Waals surface area contributed by atoms with E-state index in [0.717, 1.165) is 0 Å². The summed E-state index contributed by atoms with van der Waals surface area (Å²) in [5.74, 6) is -0.619. The van der Waals surface area contributed by atoms with Crippen LogP contribution in [-0.2, 0) is 17.4 Å². The van der Waals surface area contributed by atoms with E-state index >= 15 is 0 Å². The highest BCUT2D eigenvalue weighted by Gasteiger charge is 2.36. The first-order valence-electron chi connectivity index (χ1n) is 6.18. The first kappa shape index (κ1) is 15.5. The molecule has 0 saturated carbocycles. The molecule has 0 spiro atoms. The second-order valence-electron chi connectivity index (χ2n) is 4.61. The van der Waals surface area contributed by atoms with Gasteiger partial charge >= 0.3 is 6.18 Å². The minimum Gasteiger partial charge on any atom is -0.370 e. The number of hydrogen-bond acceptors (Lipinski definition) is 3. The number of carbonyl (C=O) groups is 1. The van der Waals surface area contributed by atoms with E-state index in [1.165, 1.54) is 5.38 Å². The number of rotatable bonds is 4. The minimum atomic E-state index is -4.43. The van der Waals surface area contributed by atoms with Gasteiger partial charge in [-0.3, -0.25) is 9.78 Å². The van der Waals surface area contributed by atoms with Gasteiger partial charge in [-0.15, -0.1) is 11.3 Å². The third-order valence-corrected chi connectivity index (χ3v) is 4.05. The zero-order chi connectivity index (χ0) is 15.6. The quantitative estimate of drug-likeness (QED) is 0.938. The van der Waals surface area contributed by atoms with E-state index in [1.54, 1.807) is 25.3 Å². The summed E-state index contributed by atoms with van der Waals surface area (Å²) in [5.41, 5.74) is 7.04. The number of primary amides is 1. The lowest BCUT2D eigenvalue weighted by Gasteiger charge is -2.10. The molecule has 2 aromatic heterocycles. The fourth-order valence-electron chi connectivity index (χ4n) is 2.07. The number of nitrogens with two attached hydrogens (primary N) is 1. The Labute approximate surface area is 123 Å². The summed E-state index contributed by atoms with van der Waals surface area (Å²) in [6.45, 7) is 1.77. The van der Waals surface area contributed by atoms with Gasteiger partial charge in [-0.05, 0) is 47.5 Å². The Bertz CT molecular complexity index is 664. The van der Waals surface area contributed by atoms with E-state index < -0.39 is 17.0 Å². The average Bonchev–Trinajstić information content (AvgIpc) is 2.79. The van der Waals surface area contributed by atoms with Gasteiger partial charge in [0.25, 0.3) is 0 Å². The Hall–Kier alpha value is -1.89. The molecular formula is C14H13F3N2OS. The third kappa shape index (κ3) is 3.60. The number of aromatic nitrogens is 1. The molecule has 0 aromatic carbocycles. The molecule has 0 saturated heterocycles. The van der Waals surface area contributed by atoms with E-state index in [4.69, 9.17) is 5.73 Å². The van der Waals surface area contributed by atoms with Crippen LogP contribution in [0.15, 0.2) is 23.7 Å². The Morgan fingerprint density at radius 3 is 2.71 bits per heavy atom. The molecule has 2 N–H and O–H groups in total. The van der Waals surface area contributed by atoms with E-state index in [0.29, 0.717) is 28.2 Å². The molecule has 2 rings (SSSR count). The Morgan fingerprint density at radius 1 is 1.43 bits per heavy atom. The van der Waals surface area contributed by atoms with Crippen LogP contribution in [-0.4, -0.2) is 10.9 Å². The van der Waals surface area contributed by atoms with Crippen molar-refractivity contribution in [2.24, 2.45) is 5.73 Å². The number of carbonyl (C=O) groups excluding carboxylic acids is 1. The Morgan fingerprint density at radius 2 is 2.14 bits per heavy atom. The van der Waals surface area contributed by atoms with Crippen LogP contribution in [0.3, 0.4) is 0 Å². The summed E-state index contributed by atoms with van der Waals surface area (Å²) in [6, 6.07) is 3.37. The molecule has 0 fully saturated rings. The van der Waals surface area contributed by atoms with Gasteiger partial charge in [-0.1, -0.05) is 0 Å². The second-order valence-corrected chi connectivity index (χ2v) is 5.49. The van der Waals surface area contributed by atoms with Crippen molar-refractivity contribution in [2.75, 3.05) is 0 Å². The highest BCUT2D eigenvalue weighted by atomic mass is 32.1. The standard InChI is InChI=1S/C14H13F3N2OS/c1-8-6-9(4-5-19-8)11-7-21-13(14(15,16)17)10(11)2-3-12(18)20/h4-7H,2-3H2,1H3,(H2,18,20). The molecule has 7 heteroatoms. The number of hydrogen-bond donors (Lipinski definition) is 1. The first-order valence-corrected chi connectivity index (χ1v) is 7.06. The number of alkyl halides is 3. The van der Waals surface area contributed by atoms with Crippen LogP contribution in [0.1, 0.15) is 22.6 Å². The smallest absolute Gasteiger partial charge is 0.370 e. The van der Waals surface area contributed by atoms with Crippen LogP contribution in [0.25, 0.3) is 11.1 Å². The summed E-state index contributed by atoms with van der Waals surface area (Å²) in [6.07, 6.45) is -3.02. The number of thiophene rings is 1. The van der Waals surface area contributed by atoms with Crippen molar-refractivity contribution < 1.29 is 18.0 Å². The lowest BCUT2D eigenvalue weighted by molar-refractivity contribution is -0.135. The zero-order valence-corrected chi connectivity index (χ0v) is 12.0. The van der Waals surface area contributed by atoms with Crippen molar-refractivity contribution in [1.29, 1.82) is 0 Å². The molecule has 112 valence electrons. The van der Waals surface area contributed by atoms with Gasteiger partial charge in [-0.25, -0.2) is 0 Å². The highest BCUT2D eigenvalue weighted by Crippen LogP contribution is 2.42. The Balaban J connectivity index is 2.50. The minimum absolute atomic E-state index is 0.0234. The maximum atomic E-state index is 13.1. The molecule has 1 amide bonds. The van der Waals surface area contributed by atoms with Gasteiger partial charge in [0.1, 0.15) is 4.88 Å². The van der Waals surface area contributed by atoms with E-state index in [2.05, 4.69) is 4.98 Å². The molecule has 0 aliphatic carbocycles. The number of nitrogens with zero attached hydrogens (tertiary/aromatic N) is 1. The van der Waals surface area contributed by atoms with Gasteiger partial charge in [0.05, 0.1) is 0 Å². The number of aryl methyl sites for hydroxylation is 1. The number of halogens is 3.